The lowest BCUT2D eigenvalue weighted by Crippen LogP contribution is -2.21. The van der Waals surface area contributed by atoms with E-state index in [9.17, 15) is 9.65 Å². The molecule has 0 amide bonds. The molecule has 0 aliphatic carbocycles. The number of hydrogen-bond donors (Lipinski definition) is 2. The Labute approximate surface area is 201 Å². The van der Waals surface area contributed by atoms with Gasteiger partial charge in [0.2, 0.25) is 11.8 Å². The third kappa shape index (κ3) is 4.15. The zero-order chi connectivity index (χ0) is 24.4. The summed E-state index contributed by atoms with van der Waals surface area (Å²) in [5, 5.41) is 17.1. The van der Waals surface area contributed by atoms with E-state index in [1.54, 1.807) is 25.3 Å². The maximum atomic E-state index is 13.5. The van der Waals surface area contributed by atoms with Gasteiger partial charge in [-0.25, -0.2) is 4.39 Å². The molecule has 3 aromatic carbocycles. The molecule has 0 radical (unpaired) electrons. The van der Waals surface area contributed by atoms with Crippen LogP contribution in [0, 0.1) is 17.1 Å². The van der Waals surface area contributed by atoms with Crippen molar-refractivity contribution in [1.29, 1.82) is 5.26 Å². The molecule has 3 N–H and O–H groups in total. The second-order valence-electron chi connectivity index (χ2n) is 7.93. The van der Waals surface area contributed by atoms with Crippen LogP contribution in [0.5, 0.6) is 17.4 Å². The normalized spacial score (nSPS) is 14.6. The summed E-state index contributed by atoms with van der Waals surface area (Å²) in [6.45, 7) is 0.380. The summed E-state index contributed by atoms with van der Waals surface area (Å²) in [4.78, 5) is 0. The zero-order valence-electron chi connectivity index (χ0n) is 18.8. The summed E-state index contributed by atoms with van der Waals surface area (Å²) in [6, 6.07) is 23.4. The fraction of sp³-hybridized carbons (Fsp3) is 0.111. The van der Waals surface area contributed by atoms with Crippen LogP contribution in [0.4, 0.5) is 4.39 Å². The standard InChI is InChI=1S/C27H21FN4O3/c1-33-22-13-18(9-12-21(22)34-15-16-5-3-2-4-6-16)23-20(14-29)26(30)35-27-24(23)25(31-32-27)17-7-10-19(28)11-8-17/h2-13,23H,15,30H2,1H3,(H,31,32). The van der Waals surface area contributed by atoms with Crippen LogP contribution in [0.1, 0.15) is 22.6 Å². The number of aromatic nitrogens is 2. The van der Waals surface area contributed by atoms with Crippen molar-refractivity contribution in [3.05, 3.63) is 107 Å². The summed E-state index contributed by atoms with van der Waals surface area (Å²) < 4.78 is 30.8. The number of aromatic amines is 1. The van der Waals surface area contributed by atoms with E-state index < -0.39 is 5.92 Å². The first-order valence-electron chi connectivity index (χ1n) is 10.9. The van der Waals surface area contributed by atoms with Gasteiger partial charge in [-0.15, -0.1) is 5.10 Å². The Hall–Kier alpha value is -4.77. The van der Waals surface area contributed by atoms with Crippen molar-refractivity contribution in [3.8, 4) is 34.7 Å². The Morgan fingerprint density at radius 2 is 1.86 bits per heavy atom. The lowest BCUT2D eigenvalue weighted by molar-refractivity contribution is 0.284. The van der Waals surface area contributed by atoms with Gasteiger partial charge in [-0.3, -0.25) is 5.10 Å². The molecule has 174 valence electrons. The van der Waals surface area contributed by atoms with Gasteiger partial charge in [-0.05, 0) is 47.5 Å². The number of rotatable bonds is 6. The number of ether oxygens (including phenoxy) is 3. The molecule has 1 aliphatic rings. The average molecular weight is 468 g/mol. The van der Waals surface area contributed by atoms with E-state index >= 15 is 0 Å². The molecule has 1 atom stereocenters. The molecule has 1 aliphatic heterocycles. The van der Waals surface area contributed by atoms with Crippen molar-refractivity contribution in [2.45, 2.75) is 12.5 Å². The molecule has 1 aromatic heterocycles. The minimum atomic E-state index is -0.584. The number of nitrogens with zero attached hydrogens (tertiary/aromatic N) is 2. The third-order valence-electron chi connectivity index (χ3n) is 5.83. The number of halogens is 1. The zero-order valence-corrected chi connectivity index (χ0v) is 18.8. The Bertz CT molecular complexity index is 1440. The Morgan fingerprint density at radius 3 is 2.57 bits per heavy atom. The highest BCUT2D eigenvalue weighted by Gasteiger charge is 2.36. The molecule has 35 heavy (non-hydrogen) atoms. The molecule has 0 saturated carbocycles. The summed E-state index contributed by atoms with van der Waals surface area (Å²) in [6.07, 6.45) is 0. The van der Waals surface area contributed by atoms with E-state index in [2.05, 4.69) is 16.3 Å². The van der Waals surface area contributed by atoms with Gasteiger partial charge >= 0.3 is 0 Å². The van der Waals surface area contributed by atoms with E-state index in [1.807, 2.05) is 42.5 Å². The highest BCUT2D eigenvalue weighted by atomic mass is 19.1. The molecular weight excluding hydrogens is 447 g/mol. The number of methoxy groups -OCH3 is 1. The van der Waals surface area contributed by atoms with Crippen LogP contribution in [0.3, 0.4) is 0 Å². The van der Waals surface area contributed by atoms with E-state index in [4.69, 9.17) is 19.9 Å². The number of benzene rings is 3. The minimum Gasteiger partial charge on any atom is -0.493 e. The molecule has 0 spiro atoms. The fourth-order valence-electron chi connectivity index (χ4n) is 4.13. The largest absolute Gasteiger partial charge is 0.493 e. The molecule has 8 heteroatoms. The van der Waals surface area contributed by atoms with Gasteiger partial charge in [0.15, 0.2) is 11.5 Å². The number of hydrogen-bond acceptors (Lipinski definition) is 6. The van der Waals surface area contributed by atoms with Crippen molar-refractivity contribution in [3.63, 3.8) is 0 Å². The van der Waals surface area contributed by atoms with Crippen molar-refractivity contribution < 1.29 is 18.6 Å². The summed E-state index contributed by atoms with van der Waals surface area (Å²) in [5.74, 6) is 0.370. The first-order chi connectivity index (χ1) is 17.1. The summed E-state index contributed by atoms with van der Waals surface area (Å²) in [5.41, 5.74) is 10.0. The third-order valence-corrected chi connectivity index (χ3v) is 5.83. The topological polar surface area (TPSA) is 106 Å². The summed E-state index contributed by atoms with van der Waals surface area (Å²) >= 11 is 0. The SMILES string of the molecule is COc1cc(C2C(C#N)=C(N)Oc3n[nH]c(-c4ccc(F)cc4)c32)ccc1OCc1ccccc1. The molecule has 7 nitrogen and oxygen atoms in total. The maximum Gasteiger partial charge on any atom is 0.244 e. The number of nitriles is 1. The monoisotopic (exact) mass is 468 g/mol. The number of nitrogens with two attached hydrogens (primary N) is 1. The second-order valence-corrected chi connectivity index (χ2v) is 7.93. The lowest BCUT2D eigenvalue weighted by Gasteiger charge is -2.25. The number of allylic oxidation sites excluding steroid dienone is 1. The highest BCUT2D eigenvalue weighted by Crippen LogP contribution is 2.47. The second kappa shape index (κ2) is 9.23. The quantitative estimate of drug-likeness (QED) is 0.412. The van der Waals surface area contributed by atoms with Gasteiger partial charge in [0.05, 0.1) is 24.3 Å². The van der Waals surface area contributed by atoms with E-state index in [0.29, 0.717) is 34.9 Å². The molecule has 4 aromatic rings. The molecule has 5 rings (SSSR count). The molecule has 2 heterocycles. The Kier molecular flexibility index (Phi) is 5.81. The molecule has 1 unspecified atom stereocenters. The van der Waals surface area contributed by atoms with Crippen LogP contribution < -0.4 is 19.9 Å². The van der Waals surface area contributed by atoms with Crippen molar-refractivity contribution in [1.82, 2.24) is 10.2 Å². The van der Waals surface area contributed by atoms with Crippen LogP contribution in [0.15, 0.2) is 84.3 Å². The van der Waals surface area contributed by atoms with E-state index in [-0.39, 0.29) is 23.2 Å². The minimum absolute atomic E-state index is 0.0227. The van der Waals surface area contributed by atoms with Crippen molar-refractivity contribution >= 4 is 0 Å². The Balaban J connectivity index is 1.56. The first kappa shape index (κ1) is 22.0. The number of nitrogens with one attached hydrogen (secondary N) is 1. The van der Waals surface area contributed by atoms with Crippen LogP contribution in [0.25, 0.3) is 11.3 Å². The van der Waals surface area contributed by atoms with E-state index in [0.717, 1.165) is 11.1 Å². The van der Waals surface area contributed by atoms with Crippen LogP contribution in [-0.2, 0) is 6.61 Å². The molecule has 0 bridgehead atoms. The van der Waals surface area contributed by atoms with Crippen molar-refractivity contribution in [2.75, 3.05) is 7.11 Å². The van der Waals surface area contributed by atoms with E-state index in [1.165, 1.54) is 12.1 Å². The van der Waals surface area contributed by atoms with Gasteiger partial charge in [0, 0.05) is 5.56 Å². The first-order valence-corrected chi connectivity index (χ1v) is 10.9. The predicted octanol–water partition coefficient (Wildman–Crippen LogP) is 5.02. The van der Waals surface area contributed by atoms with Gasteiger partial charge in [0.1, 0.15) is 24.1 Å². The Morgan fingerprint density at radius 1 is 1.09 bits per heavy atom. The van der Waals surface area contributed by atoms with Gasteiger partial charge < -0.3 is 19.9 Å². The van der Waals surface area contributed by atoms with Gasteiger partial charge in [0.25, 0.3) is 0 Å². The van der Waals surface area contributed by atoms with Crippen LogP contribution in [-0.4, -0.2) is 17.3 Å². The van der Waals surface area contributed by atoms with Crippen LogP contribution in [0.2, 0.25) is 0 Å². The average Bonchev–Trinajstić information content (AvgIpc) is 3.30. The molecular formula is C27H21FN4O3. The highest BCUT2D eigenvalue weighted by molar-refractivity contribution is 5.71. The molecule has 0 fully saturated rings. The molecule has 0 saturated heterocycles. The smallest absolute Gasteiger partial charge is 0.244 e. The lowest BCUT2D eigenvalue weighted by atomic mass is 9.83. The predicted molar refractivity (Wildman–Crippen MR) is 127 cm³/mol. The fourth-order valence-corrected chi connectivity index (χ4v) is 4.13. The summed E-state index contributed by atoms with van der Waals surface area (Å²) in [7, 11) is 1.56. The number of H-pyrrole nitrogens is 1. The number of fused-ring (bicyclic) bond motifs is 1. The van der Waals surface area contributed by atoms with Gasteiger partial charge in [-0.2, -0.15) is 5.26 Å². The maximum absolute atomic E-state index is 13.5. The van der Waals surface area contributed by atoms with Gasteiger partial charge in [-0.1, -0.05) is 36.4 Å². The van der Waals surface area contributed by atoms with Crippen LogP contribution >= 0.6 is 0 Å². The van der Waals surface area contributed by atoms with Crippen molar-refractivity contribution in [2.24, 2.45) is 5.73 Å².